The van der Waals surface area contributed by atoms with Crippen LogP contribution in [-0.4, -0.2) is 22.1 Å². The summed E-state index contributed by atoms with van der Waals surface area (Å²) < 4.78 is 12.3. The number of rotatable bonds is 7. The summed E-state index contributed by atoms with van der Waals surface area (Å²) in [6.07, 6.45) is 0.104. The molecule has 1 heterocycles. The molecule has 1 aromatic carbocycles. The van der Waals surface area contributed by atoms with Gasteiger partial charge in [-0.1, -0.05) is 30.3 Å². The molecule has 0 radical (unpaired) electrons. The van der Waals surface area contributed by atoms with Gasteiger partial charge in [-0.2, -0.15) is 11.3 Å². The lowest BCUT2D eigenvalue weighted by Crippen LogP contribution is -2.21. The molecular formula is C15H17O4PS. The fourth-order valence-electron chi connectivity index (χ4n) is 2.20. The minimum atomic E-state index is -3.52. The molecule has 0 spiro atoms. The van der Waals surface area contributed by atoms with Crippen LogP contribution in [0.15, 0.2) is 47.2 Å². The zero-order valence-corrected chi connectivity index (χ0v) is 13.1. The lowest BCUT2D eigenvalue weighted by molar-refractivity contribution is -0.141. The fraction of sp³-hybridized carbons (Fsp3) is 0.267. The van der Waals surface area contributed by atoms with Crippen molar-refractivity contribution in [3.05, 3.63) is 58.3 Å². The van der Waals surface area contributed by atoms with Crippen LogP contribution in [0.3, 0.4) is 0 Å². The van der Waals surface area contributed by atoms with Crippen molar-refractivity contribution in [2.24, 2.45) is 5.92 Å². The van der Waals surface area contributed by atoms with Gasteiger partial charge in [-0.3, -0.25) is 9.36 Å². The Labute approximate surface area is 127 Å². The van der Waals surface area contributed by atoms with Crippen molar-refractivity contribution >= 4 is 24.7 Å². The van der Waals surface area contributed by atoms with Gasteiger partial charge < -0.3 is 10.00 Å². The Kier molecular flexibility index (Phi) is 5.34. The second-order valence-corrected chi connectivity index (χ2v) is 8.20. The van der Waals surface area contributed by atoms with Crippen molar-refractivity contribution < 1.29 is 19.4 Å². The Morgan fingerprint density at radius 2 is 1.90 bits per heavy atom. The second-order valence-electron chi connectivity index (χ2n) is 5.04. The molecular weight excluding hydrogens is 307 g/mol. The van der Waals surface area contributed by atoms with Crippen LogP contribution in [0.4, 0.5) is 0 Å². The summed E-state index contributed by atoms with van der Waals surface area (Å²) in [6.45, 7) is 0. The summed E-state index contributed by atoms with van der Waals surface area (Å²) in [4.78, 5) is 21.4. The lowest BCUT2D eigenvalue weighted by atomic mass is 10.0. The van der Waals surface area contributed by atoms with Crippen molar-refractivity contribution in [2.45, 2.75) is 12.6 Å². The third kappa shape index (κ3) is 5.12. The molecule has 2 unspecified atom stereocenters. The summed E-state index contributed by atoms with van der Waals surface area (Å²) in [5, 5.41) is 13.0. The Bertz CT molecular complexity index is 624. The van der Waals surface area contributed by atoms with E-state index in [9.17, 15) is 19.4 Å². The van der Waals surface area contributed by atoms with Crippen molar-refractivity contribution in [3.63, 3.8) is 0 Å². The van der Waals surface area contributed by atoms with E-state index in [-0.39, 0.29) is 18.7 Å². The topological polar surface area (TPSA) is 74.6 Å². The predicted molar refractivity (Wildman–Crippen MR) is 84.0 cm³/mol. The molecule has 112 valence electrons. The molecule has 21 heavy (non-hydrogen) atoms. The average Bonchev–Trinajstić information content (AvgIpc) is 2.91. The molecule has 0 saturated carbocycles. The SMILES string of the molecule is O=C(O)C(Cc1ccsc1)CP(=O)(O)Cc1ccccc1. The number of thiophene rings is 1. The zero-order chi connectivity index (χ0) is 15.3. The fourth-order valence-corrected chi connectivity index (χ4v) is 4.77. The van der Waals surface area contributed by atoms with Crippen molar-refractivity contribution in [3.8, 4) is 0 Å². The van der Waals surface area contributed by atoms with Crippen molar-refractivity contribution in [2.75, 3.05) is 6.16 Å². The van der Waals surface area contributed by atoms with Crippen LogP contribution >= 0.6 is 18.7 Å². The van der Waals surface area contributed by atoms with Crippen molar-refractivity contribution in [1.82, 2.24) is 0 Å². The monoisotopic (exact) mass is 324 g/mol. The Morgan fingerprint density at radius 3 is 2.48 bits per heavy atom. The van der Waals surface area contributed by atoms with Gasteiger partial charge >= 0.3 is 5.97 Å². The van der Waals surface area contributed by atoms with E-state index in [1.807, 2.05) is 22.9 Å². The van der Waals surface area contributed by atoms with E-state index in [0.717, 1.165) is 11.1 Å². The molecule has 0 amide bonds. The minimum absolute atomic E-state index is 0.0151. The van der Waals surface area contributed by atoms with E-state index in [4.69, 9.17) is 0 Å². The molecule has 0 saturated heterocycles. The van der Waals surface area contributed by atoms with Gasteiger partial charge in [-0.05, 0) is 34.4 Å². The van der Waals surface area contributed by atoms with Crippen LogP contribution in [-0.2, 0) is 21.9 Å². The van der Waals surface area contributed by atoms with Gasteiger partial charge in [0.2, 0.25) is 7.37 Å². The molecule has 4 nitrogen and oxygen atoms in total. The van der Waals surface area contributed by atoms with E-state index < -0.39 is 19.3 Å². The third-order valence-electron chi connectivity index (χ3n) is 3.19. The van der Waals surface area contributed by atoms with Crippen LogP contribution < -0.4 is 0 Å². The van der Waals surface area contributed by atoms with Crippen LogP contribution in [0.5, 0.6) is 0 Å². The molecule has 0 aliphatic heterocycles. The first-order chi connectivity index (χ1) is 9.96. The number of benzene rings is 1. The second kappa shape index (κ2) is 7.03. The standard InChI is InChI=1S/C15H17O4PS/c16-15(17)14(8-13-6-7-21-11-13)10-20(18,19)9-12-4-2-1-3-5-12/h1-7,11,14H,8-10H2,(H,16,17)(H,18,19). The van der Waals surface area contributed by atoms with Crippen molar-refractivity contribution in [1.29, 1.82) is 0 Å². The summed E-state index contributed by atoms with van der Waals surface area (Å²) in [5.74, 6) is -1.86. The van der Waals surface area contributed by atoms with Gasteiger partial charge in [0.15, 0.2) is 0 Å². The molecule has 2 rings (SSSR count). The maximum atomic E-state index is 12.3. The molecule has 0 fully saturated rings. The zero-order valence-electron chi connectivity index (χ0n) is 11.4. The number of aliphatic carboxylic acids is 1. The van der Waals surface area contributed by atoms with Gasteiger partial charge in [0, 0.05) is 12.3 Å². The highest BCUT2D eigenvalue weighted by Gasteiger charge is 2.29. The first-order valence-electron chi connectivity index (χ1n) is 6.55. The highest BCUT2D eigenvalue weighted by Crippen LogP contribution is 2.46. The number of carboxylic acid groups (broad SMARTS) is 1. The Morgan fingerprint density at radius 1 is 1.19 bits per heavy atom. The van der Waals surface area contributed by atoms with E-state index in [1.165, 1.54) is 11.3 Å². The van der Waals surface area contributed by atoms with E-state index in [1.54, 1.807) is 24.3 Å². The normalized spacial score (nSPS) is 15.3. The Balaban J connectivity index is 2.05. The number of carboxylic acids is 1. The molecule has 0 aliphatic carbocycles. The van der Waals surface area contributed by atoms with Gasteiger partial charge in [-0.25, -0.2) is 0 Å². The van der Waals surface area contributed by atoms with E-state index in [2.05, 4.69) is 0 Å². The molecule has 0 aliphatic rings. The van der Waals surface area contributed by atoms with Crippen LogP contribution in [0.1, 0.15) is 11.1 Å². The molecule has 2 atom stereocenters. The maximum Gasteiger partial charge on any atom is 0.307 e. The number of hydrogen-bond donors (Lipinski definition) is 2. The van der Waals surface area contributed by atoms with Crippen LogP contribution in [0, 0.1) is 5.92 Å². The van der Waals surface area contributed by atoms with Crippen LogP contribution in [0.25, 0.3) is 0 Å². The van der Waals surface area contributed by atoms with E-state index >= 15 is 0 Å². The molecule has 6 heteroatoms. The lowest BCUT2D eigenvalue weighted by Gasteiger charge is -2.17. The van der Waals surface area contributed by atoms with Gasteiger partial charge in [-0.15, -0.1) is 0 Å². The first-order valence-corrected chi connectivity index (χ1v) is 9.52. The number of hydrogen-bond acceptors (Lipinski definition) is 3. The summed E-state index contributed by atoms with van der Waals surface area (Å²) in [5.41, 5.74) is 1.65. The van der Waals surface area contributed by atoms with Gasteiger partial charge in [0.25, 0.3) is 0 Å². The smallest absolute Gasteiger partial charge is 0.307 e. The number of carbonyl (C=O) groups is 1. The molecule has 0 bridgehead atoms. The van der Waals surface area contributed by atoms with Gasteiger partial charge in [0.1, 0.15) is 0 Å². The average molecular weight is 324 g/mol. The highest BCUT2D eigenvalue weighted by molar-refractivity contribution is 7.57. The third-order valence-corrected chi connectivity index (χ3v) is 5.79. The predicted octanol–water partition coefficient (Wildman–Crippen LogP) is 3.46. The molecule has 1 aromatic heterocycles. The van der Waals surface area contributed by atoms with Gasteiger partial charge in [0.05, 0.1) is 5.92 Å². The summed E-state index contributed by atoms with van der Waals surface area (Å²) in [6, 6.07) is 10.8. The van der Waals surface area contributed by atoms with Crippen LogP contribution in [0.2, 0.25) is 0 Å². The highest BCUT2D eigenvalue weighted by atomic mass is 32.1. The Hall–Kier alpha value is -1.42. The summed E-state index contributed by atoms with van der Waals surface area (Å²) >= 11 is 1.49. The maximum absolute atomic E-state index is 12.3. The minimum Gasteiger partial charge on any atom is -0.481 e. The first kappa shape index (κ1) is 16.0. The molecule has 2 N–H and O–H groups in total. The quantitative estimate of drug-likeness (QED) is 0.765. The molecule has 2 aromatic rings. The largest absolute Gasteiger partial charge is 0.481 e. The summed E-state index contributed by atoms with van der Waals surface area (Å²) in [7, 11) is -3.52. The van der Waals surface area contributed by atoms with E-state index in [0.29, 0.717) is 0 Å².